The second-order valence-electron chi connectivity index (χ2n) is 5.75. The molecule has 0 atom stereocenters. The largest absolute Gasteiger partial charge is 0.488 e. The Morgan fingerprint density at radius 2 is 1.96 bits per heavy atom. The van der Waals surface area contributed by atoms with Gasteiger partial charge in [-0.15, -0.1) is 0 Å². The van der Waals surface area contributed by atoms with Gasteiger partial charge in [-0.3, -0.25) is 14.4 Å². The van der Waals surface area contributed by atoms with Crippen LogP contribution in [0.5, 0.6) is 5.75 Å². The van der Waals surface area contributed by atoms with E-state index >= 15 is 0 Å². The van der Waals surface area contributed by atoms with Crippen LogP contribution in [-0.4, -0.2) is 34.9 Å². The van der Waals surface area contributed by atoms with Gasteiger partial charge in [0.25, 0.3) is 5.91 Å². The summed E-state index contributed by atoms with van der Waals surface area (Å²) in [5, 5.41) is 10.9. The number of pyridine rings is 1. The van der Waals surface area contributed by atoms with Crippen LogP contribution in [0.1, 0.15) is 35.8 Å². The molecule has 0 aliphatic rings. The van der Waals surface area contributed by atoms with Gasteiger partial charge in [-0.1, -0.05) is 43.7 Å². The number of rotatable bonds is 10. The molecule has 2 aromatic rings. The lowest BCUT2D eigenvalue weighted by molar-refractivity contribution is -0.135. The molecule has 8 nitrogen and oxygen atoms in total. The van der Waals surface area contributed by atoms with E-state index in [1.54, 1.807) is 0 Å². The Morgan fingerprint density at radius 3 is 2.63 bits per heavy atom. The van der Waals surface area contributed by atoms with E-state index in [0.29, 0.717) is 6.61 Å². The summed E-state index contributed by atoms with van der Waals surface area (Å²) >= 11 is 0. The lowest BCUT2D eigenvalue weighted by Crippen LogP contribution is -2.34. The van der Waals surface area contributed by atoms with Crippen molar-refractivity contribution in [3.05, 3.63) is 64.1 Å². The Labute approximate surface area is 156 Å². The second kappa shape index (κ2) is 10.0. The number of ether oxygens (including phenoxy) is 1. The highest BCUT2D eigenvalue weighted by molar-refractivity contribution is 5.94. The topological polar surface area (TPSA) is 107 Å². The molecule has 0 spiro atoms. The molecule has 0 unspecified atom stereocenters. The Bertz CT molecular complexity index is 832. The molecule has 27 heavy (non-hydrogen) atoms. The number of carbonyl (C=O) groups excluding carboxylic acids is 1. The van der Waals surface area contributed by atoms with Gasteiger partial charge in [0, 0.05) is 6.07 Å². The summed E-state index contributed by atoms with van der Waals surface area (Å²) < 4.78 is 6.60. The van der Waals surface area contributed by atoms with Crippen molar-refractivity contribution in [3.63, 3.8) is 0 Å². The molecule has 2 N–H and O–H groups in total. The first-order valence-electron chi connectivity index (χ1n) is 8.58. The number of hydrogen-bond acceptors (Lipinski definition) is 5. The zero-order chi connectivity index (χ0) is 19.6. The molecule has 0 radical (unpaired) electrons. The molecule has 1 heterocycles. The summed E-state index contributed by atoms with van der Waals surface area (Å²) in [4.78, 5) is 40.8. The maximum absolute atomic E-state index is 12.3. The van der Waals surface area contributed by atoms with Gasteiger partial charge in [0.05, 0.1) is 12.8 Å². The third-order valence-corrected chi connectivity index (χ3v) is 3.58. The number of amides is 1. The molecule has 2 rings (SSSR count). The van der Waals surface area contributed by atoms with Crippen molar-refractivity contribution in [1.82, 2.24) is 10.0 Å². The van der Waals surface area contributed by atoms with E-state index in [1.807, 2.05) is 37.3 Å². The van der Waals surface area contributed by atoms with Crippen LogP contribution in [0, 0.1) is 0 Å². The highest BCUT2D eigenvalue weighted by atomic mass is 16.7. The Morgan fingerprint density at radius 1 is 1.22 bits per heavy atom. The fourth-order valence-electron chi connectivity index (χ4n) is 2.17. The van der Waals surface area contributed by atoms with Gasteiger partial charge in [0.15, 0.2) is 5.75 Å². The molecule has 0 fully saturated rings. The molecule has 0 saturated carbocycles. The third-order valence-electron chi connectivity index (χ3n) is 3.58. The lowest BCUT2D eigenvalue weighted by Gasteiger charge is -2.16. The van der Waals surface area contributed by atoms with Gasteiger partial charge in [0.2, 0.25) is 5.43 Å². The number of nitrogens with zero attached hydrogens (tertiary/aromatic N) is 1. The molecule has 1 aromatic heterocycles. The number of hydrogen-bond donors (Lipinski definition) is 2. The normalized spacial score (nSPS) is 10.3. The second-order valence-corrected chi connectivity index (χ2v) is 5.75. The standard InChI is InChI=1S/C19H22N2O6/c1-2-3-9-26-17-12-21(27-13-14-7-5-4-6-8-14)15(10-16(17)22)19(25)20-11-18(23)24/h4-8,10,12H,2-3,9,11,13H2,1H3,(H,20,25)(H,23,24). The molecule has 0 saturated heterocycles. The van der Waals surface area contributed by atoms with Crippen LogP contribution in [0.2, 0.25) is 0 Å². The third kappa shape index (κ3) is 6.18. The fourth-order valence-corrected chi connectivity index (χ4v) is 2.17. The van der Waals surface area contributed by atoms with E-state index < -0.39 is 23.9 Å². The van der Waals surface area contributed by atoms with Crippen LogP contribution < -0.4 is 20.3 Å². The SMILES string of the molecule is CCCCOc1cn(OCc2ccccc2)c(C(=O)NCC(=O)O)cc1=O. The molecule has 144 valence electrons. The molecule has 0 aliphatic carbocycles. The van der Waals surface area contributed by atoms with Gasteiger partial charge in [-0.05, 0) is 12.0 Å². The number of unbranched alkanes of at least 4 members (excludes halogenated alkanes) is 1. The summed E-state index contributed by atoms with van der Waals surface area (Å²) in [6.45, 7) is 1.95. The van der Waals surface area contributed by atoms with E-state index in [2.05, 4.69) is 5.32 Å². The van der Waals surface area contributed by atoms with Crippen molar-refractivity contribution in [1.29, 1.82) is 0 Å². The number of aromatic nitrogens is 1. The van der Waals surface area contributed by atoms with Crippen LogP contribution >= 0.6 is 0 Å². The molecule has 0 bridgehead atoms. The number of carboxylic acid groups (broad SMARTS) is 1. The first kappa shape index (κ1) is 20.0. The van der Waals surface area contributed by atoms with Crippen molar-refractivity contribution in [2.45, 2.75) is 26.4 Å². The number of nitrogens with one attached hydrogen (secondary N) is 1. The first-order chi connectivity index (χ1) is 13.0. The average molecular weight is 374 g/mol. The Balaban J connectivity index is 2.26. The van der Waals surface area contributed by atoms with Crippen LogP contribution in [0.25, 0.3) is 0 Å². The molecular formula is C19H22N2O6. The summed E-state index contributed by atoms with van der Waals surface area (Å²) in [7, 11) is 0. The number of carboxylic acids is 1. The van der Waals surface area contributed by atoms with Crippen LogP contribution in [0.3, 0.4) is 0 Å². The molecule has 1 aromatic carbocycles. The molecule has 0 aliphatic heterocycles. The summed E-state index contributed by atoms with van der Waals surface area (Å²) in [5.41, 5.74) is 0.271. The average Bonchev–Trinajstić information content (AvgIpc) is 2.67. The van der Waals surface area contributed by atoms with Crippen molar-refractivity contribution in [2.75, 3.05) is 13.2 Å². The van der Waals surface area contributed by atoms with E-state index in [9.17, 15) is 14.4 Å². The first-order valence-corrected chi connectivity index (χ1v) is 8.58. The maximum atomic E-state index is 12.3. The van der Waals surface area contributed by atoms with Crippen molar-refractivity contribution < 1.29 is 24.3 Å². The van der Waals surface area contributed by atoms with Crippen LogP contribution in [0.4, 0.5) is 0 Å². The van der Waals surface area contributed by atoms with Crippen molar-refractivity contribution in [2.24, 2.45) is 0 Å². The number of benzene rings is 1. The van der Waals surface area contributed by atoms with Gasteiger partial charge < -0.3 is 20.0 Å². The van der Waals surface area contributed by atoms with Gasteiger partial charge in [0.1, 0.15) is 18.8 Å². The summed E-state index contributed by atoms with van der Waals surface area (Å²) in [6.07, 6.45) is 3.00. The molecular weight excluding hydrogens is 352 g/mol. The van der Waals surface area contributed by atoms with E-state index in [-0.39, 0.29) is 18.1 Å². The van der Waals surface area contributed by atoms with Gasteiger partial charge in [-0.2, -0.15) is 4.73 Å². The predicted molar refractivity (Wildman–Crippen MR) is 97.8 cm³/mol. The van der Waals surface area contributed by atoms with Crippen LogP contribution in [-0.2, 0) is 11.4 Å². The van der Waals surface area contributed by atoms with E-state index in [0.717, 1.165) is 29.2 Å². The fraction of sp³-hybridized carbons (Fsp3) is 0.316. The highest BCUT2D eigenvalue weighted by Crippen LogP contribution is 2.08. The molecule has 1 amide bonds. The highest BCUT2D eigenvalue weighted by Gasteiger charge is 2.16. The smallest absolute Gasteiger partial charge is 0.322 e. The quantitative estimate of drug-likeness (QED) is 0.610. The monoisotopic (exact) mass is 374 g/mol. The van der Waals surface area contributed by atoms with Crippen LogP contribution in [0.15, 0.2) is 47.4 Å². The van der Waals surface area contributed by atoms with E-state index in [4.69, 9.17) is 14.7 Å². The Kier molecular flexibility index (Phi) is 7.42. The maximum Gasteiger partial charge on any atom is 0.322 e. The van der Waals surface area contributed by atoms with Gasteiger partial charge in [-0.25, -0.2) is 0 Å². The number of aliphatic carboxylic acids is 1. The molecule has 8 heteroatoms. The zero-order valence-corrected chi connectivity index (χ0v) is 15.0. The zero-order valence-electron chi connectivity index (χ0n) is 15.0. The van der Waals surface area contributed by atoms with Gasteiger partial charge >= 0.3 is 5.97 Å². The summed E-state index contributed by atoms with van der Waals surface area (Å²) in [6, 6.07) is 10.3. The lowest BCUT2D eigenvalue weighted by atomic mass is 10.2. The predicted octanol–water partition coefficient (Wildman–Crippen LogP) is 1.47. The summed E-state index contributed by atoms with van der Waals surface area (Å²) in [5.74, 6) is -1.86. The minimum atomic E-state index is -1.19. The van der Waals surface area contributed by atoms with E-state index in [1.165, 1.54) is 6.20 Å². The van der Waals surface area contributed by atoms with Crippen molar-refractivity contribution in [3.8, 4) is 5.75 Å². The van der Waals surface area contributed by atoms with Crippen molar-refractivity contribution >= 4 is 11.9 Å². The minimum Gasteiger partial charge on any atom is -0.488 e. The minimum absolute atomic E-state index is 0.0614. The Hall–Kier alpha value is -3.29. The number of carbonyl (C=O) groups is 2.